The maximum absolute atomic E-state index is 5.87. The maximum atomic E-state index is 5.87. The minimum atomic E-state index is 0.559. The lowest BCUT2D eigenvalue weighted by molar-refractivity contribution is 0.306. The third-order valence-electron chi connectivity index (χ3n) is 5.06. The van der Waals surface area contributed by atoms with Crippen LogP contribution in [0.1, 0.15) is 17.0 Å². The van der Waals surface area contributed by atoms with Gasteiger partial charge in [0, 0.05) is 6.08 Å². The number of hydrogen-bond donors (Lipinski definition) is 0. The molecule has 5 rings (SSSR count). The molecule has 0 spiro atoms. The number of benzene rings is 4. The van der Waals surface area contributed by atoms with Gasteiger partial charge < -0.3 is 9.15 Å². The molecule has 0 amide bonds. The van der Waals surface area contributed by atoms with Crippen molar-refractivity contribution < 1.29 is 9.15 Å². The first-order valence-electron chi connectivity index (χ1n) is 10.2. The predicted octanol–water partition coefficient (Wildman–Crippen LogP) is 7.24. The van der Waals surface area contributed by atoms with E-state index in [2.05, 4.69) is 41.4 Å². The van der Waals surface area contributed by atoms with Crippen LogP contribution in [0.2, 0.25) is 0 Å². The normalized spacial score (nSPS) is 11.2. The van der Waals surface area contributed by atoms with Crippen molar-refractivity contribution in [3.8, 4) is 16.9 Å². The molecule has 150 valence electrons. The number of fused-ring (bicyclic) bond motifs is 1. The van der Waals surface area contributed by atoms with Gasteiger partial charge in [0.2, 0.25) is 5.89 Å². The summed E-state index contributed by atoms with van der Waals surface area (Å²) < 4.78 is 11.7. The highest BCUT2D eigenvalue weighted by Crippen LogP contribution is 2.25. The van der Waals surface area contributed by atoms with Gasteiger partial charge in [0.15, 0.2) is 5.58 Å². The van der Waals surface area contributed by atoms with E-state index >= 15 is 0 Å². The first-order valence-corrected chi connectivity index (χ1v) is 10.2. The molecule has 0 bridgehead atoms. The van der Waals surface area contributed by atoms with E-state index < -0.39 is 0 Å². The summed E-state index contributed by atoms with van der Waals surface area (Å²) in [6.07, 6.45) is 3.88. The van der Waals surface area contributed by atoms with Gasteiger partial charge in [0.25, 0.3) is 0 Å². The summed E-state index contributed by atoms with van der Waals surface area (Å²) in [5.41, 5.74) is 6.13. The van der Waals surface area contributed by atoms with Crippen LogP contribution < -0.4 is 4.74 Å². The predicted molar refractivity (Wildman–Crippen MR) is 126 cm³/mol. The van der Waals surface area contributed by atoms with Crippen LogP contribution >= 0.6 is 0 Å². The van der Waals surface area contributed by atoms with Gasteiger partial charge in [0.1, 0.15) is 17.9 Å². The highest BCUT2D eigenvalue weighted by molar-refractivity contribution is 5.82. The third kappa shape index (κ3) is 4.57. The SMILES string of the molecule is C(=Cc1nc2cc(-c3ccccc3)ccc2o1)c1ccc(OCc2ccccc2)cc1. The van der Waals surface area contributed by atoms with E-state index in [1.807, 2.05) is 78.9 Å². The molecule has 0 aliphatic carbocycles. The van der Waals surface area contributed by atoms with Gasteiger partial charge in [-0.3, -0.25) is 0 Å². The highest BCUT2D eigenvalue weighted by Gasteiger charge is 2.05. The van der Waals surface area contributed by atoms with Crippen molar-refractivity contribution in [3.05, 3.63) is 120 Å². The van der Waals surface area contributed by atoms with Crippen molar-refractivity contribution in [2.24, 2.45) is 0 Å². The number of rotatable bonds is 6. The first kappa shape index (κ1) is 18.9. The van der Waals surface area contributed by atoms with Crippen molar-refractivity contribution in [3.63, 3.8) is 0 Å². The van der Waals surface area contributed by atoms with Gasteiger partial charge in [-0.05, 0) is 52.6 Å². The van der Waals surface area contributed by atoms with E-state index in [0.717, 1.165) is 33.5 Å². The fourth-order valence-corrected chi connectivity index (χ4v) is 3.41. The smallest absolute Gasteiger partial charge is 0.220 e. The second-order valence-electron chi connectivity index (χ2n) is 7.28. The molecule has 0 saturated carbocycles. The number of oxazole rings is 1. The molecule has 0 N–H and O–H groups in total. The molecule has 0 fully saturated rings. The summed E-state index contributed by atoms with van der Waals surface area (Å²) in [4.78, 5) is 4.62. The van der Waals surface area contributed by atoms with Crippen LogP contribution in [0.15, 0.2) is 108 Å². The van der Waals surface area contributed by atoms with Crippen LogP contribution in [0.25, 0.3) is 34.4 Å². The van der Waals surface area contributed by atoms with Crippen molar-refractivity contribution in [1.82, 2.24) is 4.98 Å². The van der Waals surface area contributed by atoms with Crippen LogP contribution in [0.5, 0.6) is 5.75 Å². The van der Waals surface area contributed by atoms with Crippen molar-refractivity contribution in [2.75, 3.05) is 0 Å². The lowest BCUT2D eigenvalue weighted by Crippen LogP contribution is -1.94. The van der Waals surface area contributed by atoms with E-state index in [-0.39, 0.29) is 0 Å². The van der Waals surface area contributed by atoms with E-state index in [0.29, 0.717) is 12.5 Å². The molecule has 1 heterocycles. The Morgan fingerprint density at radius 1 is 0.710 bits per heavy atom. The Morgan fingerprint density at radius 2 is 1.45 bits per heavy atom. The van der Waals surface area contributed by atoms with Gasteiger partial charge in [-0.1, -0.05) is 78.9 Å². The van der Waals surface area contributed by atoms with Gasteiger partial charge in [-0.2, -0.15) is 0 Å². The molecule has 3 nitrogen and oxygen atoms in total. The monoisotopic (exact) mass is 403 g/mol. The molecule has 0 saturated heterocycles. The molecule has 0 radical (unpaired) electrons. The van der Waals surface area contributed by atoms with E-state index in [1.165, 1.54) is 5.56 Å². The molecule has 4 aromatic carbocycles. The molecule has 0 aliphatic rings. The third-order valence-corrected chi connectivity index (χ3v) is 5.06. The fraction of sp³-hybridized carbons (Fsp3) is 0.0357. The molecule has 1 aromatic heterocycles. The summed E-state index contributed by atoms with van der Waals surface area (Å²) in [6, 6.07) is 34.5. The molecular formula is C28H21NO2. The van der Waals surface area contributed by atoms with E-state index in [1.54, 1.807) is 0 Å². The Kier molecular flexibility index (Phi) is 5.31. The molecule has 0 aliphatic heterocycles. The number of aromatic nitrogens is 1. The average Bonchev–Trinajstić information content (AvgIpc) is 3.25. The molecular weight excluding hydrogens is 382 g/mol. The summed E-state index contributed by atoms with van der Waals surface area (Å²) in [6.45, 7) is 0.559. The molecule has 5 aromatic rings. The average molecular weight is 403 g/mol. The van der Waals surface area contributed by atoms with Gasteiger partial charge >= 0.3 is 0 Å². The Bertz CT molecular complexity index is 1300. The van der Waals surface area contributed by atoms with Gasteiger partial charge in [-0.15, -0.1) is 0 Å². The second-order valence-corrected chi connectivity index (χ2v) is 7.28. The van der Waals surface area contributed by atoms with Gasteiger partial charge in [0.05, 0.1) is 0 Å². The first-order chi connectivity index (χ1) is 15.3. The Morgan fingerprint density at radius 3 is 2.23 bits per heavy atom. The lowest BCUT2D eigenvalue weighted by atomic mass is 10.1. The van der Waals surface area contributed by atoms with Crippen LogP contribution in [0.3, 0.4) is 0 Å². The summed E-state index contributed by atoms with van der Waals surface area (Å²) in [5, 5.41) is 0. The summed E-state index contributed by atoms with van der Waals surface area (Å²) >= 11 is 0. The number of hydrogen-bond acceptors (Lipinski definition) is 3. The zero-order chi connectivity index (χ0) is 20.9. The maximum Gasteiger partial charge on any atom is 0.220 e. The minimum absolute atomic E-state index is 0.559. The van der Waals surface area contributed by atoms with E-state index in [4.69, 9.17) is 9.15 Å². The number of nitrogens with zero attached hydrogens (tertiary/aromatic N) is 1. The Balaban J connectivity index is 1.27. The Labute approximate surface area is 181 Å². The lowest BCUT2D eigenvalue weighted by Gasteiger charge is -2.06. The fourth-order valence-electron chi connectivity index (χ4n) is 3.41. The van der Waals surface area contributed by atoms with E-state index in [9.17, 15) is 0 Å². The standard InChI is InChI=1S/C28H21NO2/c1-3-7-22(8-4-1)20-30-25-15-11-21(12-16-25)13-18-28-29-26-19-24(14-17-27(26)31-28)23-9-5-2-6-10-23/h1-19H,20H2. The molecule has 31 heavy (non-hydrogen) atoms. The zero-order valence-corrected chi connectivity index (χ0v) is 16.9. The molecule has 3 heteroatoms. The van der Waals surface area contributed by atoms with Crippen LogP contribution in [-0.4, -0.2) is 4.98 Å². The second kappa shape index (κ2) is 8.72. The highest BCUT2D eigenvalue weighted by atomic mass is 16.5. The molecule has 0 unspecified atom stereocenters. The Hall–Kier alpha value is -4.11. The van der Waals surface area contributed by atoms with Crippen LogP contribution in [0.4, 0.5) is 0 Å². The van der Waals surface area contributed by atoms with Gasteiger partial charge in [-0.25, -0.2) is 4.98 Å². The summed E-state index contributed by atoms with van der Waals surface area (Å²) in [5.74, 6) is 1.43. The quantitative estimate of drug-likeness (QED) is 0.300. The van der Waals surface area contributed by atoms with Crippen molar-refractivity contribution in [2.45, 2.75) is 6.61 Å². The number of ether oxygens (including phenoxy) is 1. The van der Waals surface area contributed by atoms with Crippen LogP contribution in [0, 0.1) is 0 Å². The summed E-state index contributed by atoms with van der Waals surface area (Å²) in [7, 11) is 0. The van der Waals surface area contributed by atoms with Crippen LogP contribution in [-0.2, 0) is 6.61 Å². The van der Waals surface area contributed by atoms with Crippen molar-refractivity contribution in [1.29, 1.82) is 0 Å². The topological polar surface area (TPSA) is 35.3 Å². The zero-order valence-electron chi connectivity index (χ0n) is 16.9. The van der Waals surface area contributed by atoms with Crippen molar-refractivity contribution >= 4 is 23.3 Å². The molecule has 0 atom stereocenters. The minimum Gasteiger partial charge on any atom is -0.489 e. The largest absolute Gasteiger partial charge is 0.489 e.